The van der Waals surface area contributed by atoms with Gasteiger partial charge in [0, 0.05) is 6.07 Å². The zero-order valence-corrected chi connectivity index (χ0v) is 9.87. The molecule has 84 valence electrons. The number of carboxylic acids is 1. The van der Waals surface area contributed by atoms with Crippen LogP contribution in [0.2, 0.25) is 0 Å². The van der Waals surface area contributed by atoms with Crippen LogP contribution in [0.4, 0.5) is 0 Å². The van der Waals surface area contributed by atoms with E-state index in [1.54, 1.807) is 0 Å². The number of aromatic nitrogens is 1. The fraction of sp³-hybridized carbons (Fsp3) is 0.600. The zero-order chi connectivity index (χ0) is 11.4. The summed E-state index contributed by atoms with van der Waals surface area (Å²) >= 11 is 1.37. The molecule has 0 spiro atoms. The lowest BCUT2D eigenvalue weighted by Crippen LogP contribution is -2.22. The third-order valence-corrected chi connectivity index (χ3v) is 3.49. The number of aryl methyl sites for hydroxylation is 1. The van der Waals surface area contributed by atoms with Crippen molar-refractivity contribution in [2.45, 2.75) is 31.8 Å². The molecule has 0 amide bonds. The van der Waals surface area contributed by atoms with E-state index in [1.807, 2.05) is 26.8 Å². The second kappa shape index (κ2) is 5.21. The Balaban J connectivity index is 2.50. The molecule has 1 heterocycles. The molecule has 0 bridgehead atoms. The van der Waals surface area contributed by atoms with E-state index in [2.05, 4.69) is 5.16 Å². The van der Waals surface area contributed by atoms with Gasteiger partial charge in [-0.2, -0.15) is 0 Å². The van der Waals surface area contributed by atoms with Crippen molar-refractivity contribution in [2.24, 2.45) is 5.92 Å². The minimum atomic E-state index is -0.772. The number of carbonyl (C=O) groups is 1. The van der Waals surface area contributed by atoms with Gasteiger partial charge in [0.2, 0.25) is 0 Å². The highest BCUT2D eigenvalue weighted by Gasteiger charge is 2.22. The molecule has 0 saturated heterocycles. The van der Waals surface area contributed by atoms with Crippen molar-refractivity contribution in [2.75, 3.05) is 0 Å². The van der Waals surface area contributed by atoms with Gasteiger partial charge < -0.3 is 9.63 Å². The summed E-state index contributed by atoms with van der Waals surface area (Å²) in [5.74, 6) is 0.614. The van der Waals surface area contributed by atoms with Crippen molar-refractivity contribution in [3.8, 4) is 0 Å². The lowest BCUT2D eigenvalue weighted by Gasteiger charge is -2.14. The summed E-state index contributed by atoms with van der Waals surface area (Å²) in [6.07, 6.45) is 0. The van der Waals surface area contributed by atoms with E-state index in [0.717, 1.165) is 11.5 Å². The van der Waals surface area contributed by atoms with Crippen molar-refractivity contribution >= 4 is 17.7 Å². The van der Waals surface area contributed by atoms with Gasteiger partial charge in [-0.1, -0.05) is 19.0 Å². The van der Waals surface area contributed by atoms with Crippen LogP contribution in [0.1, 0.15) is 25.3 Å². The fourth-order valence-electron chi connectivity index (χ4n) is 1.21. The van der Waals surface area contributed by atoms with Gasteiger partial charge in [-0.15, -0.1) is 11.8 Å². The molecular formula is C10H15NO3S. The summed E-state index contributed by atoms with van der Waals surface area (Å²) in [6.45, 7) is 5.64. The molecule has 0 fully saturated rings. The third kappa shape index (κ3) is 3.58. The summed E-state index contributed by atoms with van der Waals surface area (Å²) < 4.78 is 5.01. The van der Waals surface area contributed by atoms with Crippen LogP contribution in [-0.4, -0.2) is 21.5 Å². The predicted molar refractivity (Wildman–Crippen MR) is 58.8 cm³/mol. The molecule has 1 atom stereocenters. The first kappa shape index (κ1) is 12.1. The molecule has 0 radical (unpaired) electrons. The molecule has 1 aromatic rings. The van der Waals surface area contributed by atoms with E-state index in [1.165, 1.54) is 11.8 Å². The summed E-state index contributed by atoms with van der Waals surface area (Å²) in [5, 5.41) is 12.3. The SMILES string of the molecule is Cc1cc(CSC(C(=O)O)C(C)C)on1. The third-order valence-electron chi connectivity index (χ3n) is 1.93. The molecule has 0 aliphatic carbocycles. The highest BCUT2D eigenvalue weighted by molar-refractivity contribution is 7.99. The molecule has 1 N–H and O–H groups in total. The van der Waals surface area contributed by atoms with Crippen LogP contribution in [0.25, 0.3) is 0 Å². The van der Waals surface area contributed by atoms with Crippen molar-refractivity contribution < 1.29 is 14.4 Å². The van der Waals surface area contributed by atoms with Crippen LogP contribution in [-0.2, 0) is 10.5 Å². The largest absolute Gasteiger partial charge is 0.480 e. The number of carboxylic acid groups (broad SMARTS) is 1. The molecule has 0 aliphatic heterocycles. The Hall–Kier alpha value is -0.970. The van der Waals surface area contributed by atoms with Crippen LogP contribution >= 0.6 is 11.8 Å². The first-order chi connectivity index (χ1) is 7.00. The first-order valence-electron chi connectivity index (χ1n) is 4.77. The van der Waals surface area contributed by atoms with Gasteiger partial charge >= 0.3 is 5.97 Å². The van der Waals surface area contributed by atoms with E-state index in [9.17, 15) is 4.79 Å². The topological polar surface area (TPSA) is 63.3 Å². The van der Waals surface area contributed by atoms with Crippen LogP contribution < -0.4 is 0 Å². The Labute approximate surface area is 93.0 Å². The maximum absolute atomic E-state index is 10.9. The van der Waals surface area contributed by atoms with Crippen LogP contribution in [0.3, 0.4) is 0 Å². The zero-order valence-electron chi connectivity index (χ0n) is 9.06. The minimum absolute atomic E-state index is 0.108. The van der Waals surface area contributed by atoms with Crippen molar-refractivity contribution in [3.63, 3.8) is 0 Å². The second-order valence-electron chi connectivity index (χ2n) is 3.75. The molecule has 0 aromatic carbocycles. The normalized spacial score (nSPS) is 13.1. The quantitative estimate of drug-likeness (QED) is 0.839. The molecule has 15 heavy (non-hydrogen) atoms. The van der Waals surface area contributed by atoms with Gasteiger partial charge in [-0.25, -0.2) is 0 Å². The lowest BCUT2D eigenvalue weighted by molar-refractivity contribution is -0.137. The van der Waals surface area contributed by atoms with Crippen LogP contribution in [0, 0.1) is 12.8 Å². The average molecular weight is 229 g/mol. The van der Waals surface area contributed by atoms with Gasteiger partial charge in [0.1, 0.15) is 11.0 Å². The van der Waals surface area contributed by atoms with E-state index >= 15 is 0 Å². The van der Waals surface area contributed by atoms with Gasteiger partial charge in [0.05, 0.1) is 11.4 Å². The maximum atomic E-state index is 10.9. The summed E-state index contributed by atoms with van der Waals surface area (Å²) in [7, 11) is 0. The van der Waals surface area contributed by atoms with Gasteiger partial charge in [-0.05, 0) is 12.8 Å². The van der Waals surface area contributed by atoms with Crippen molar-refractivity contribution in [3.05, 3.63) is 17.5 Å². The molecule has 4 nitrogen and oxygen atoms in total. The summed E-state index contributed by atoms with van der Waals surface area (Å²) in [4.78, 5) is 10.9. The Morgan fingerprint density at radius 2 is 2.33 bits per heavy atom. The van der Waals surface area contributed by atoms with Gasteiger partial charge in [0.25, 0.3) is 0 Å². The Morgan fingerprint density at radius 3 is 2.73 bits per heavy atom. The predicted octanol–water partition coefficient (Wildman–Crippen LogP) is 2.33. The monoisotopic (exact) mass is 229 g/mol. The molecular weight excluding hydrogens is 214 g/mol. The lowest BCUT2D eigenvalue weighted by atomic mass is 10.1. The smallest absolute Gasteiger partial charge is 0.316 e. The minimum Gasteiger partial charge on any atom is -0.480 e. The number of rotatable bonds is 5. The highest BCUT2D eigenvalue weighted by Crippen LogP contribution is 2.24. The Kier molecular flexibility index (Phi) is 4.20. The van der Waals surface area contributed by atoms with E-state index < -0.39 is 11.2 Å². The second-order valence-corrected chi connectivity index (χ2v) is 4.88. The van der Waals surface area contributed by atoms with E-state index in [-0.39, 0.29) is 5.92 Å². The molecule has 5 heteroatoms. The summed E-state index contributed by atoms with van der Waals surface area (Å²) in [5.41, 5.74) is 0.821. The molecule has 0 saturated carbocycles. The number of thioether (sulfide) groups is 1. The number of nitrogens with zero attached hydrogens (tertiary/aromatic N) is 1. The molecule has 1 aromatic heterocycles. The Bertz CT molecular complexity index is 335. The first-order valence-corrected chi connectivity index (χ1v) is 5.82. The van der Waals surface area contributed by atoms with Crippen LogP contribution in [0.5, 0.6) is 0 Å². The Morgan fingerprint density at radius 1 is 1.67 bits per heavy atom. The summed E-state index contributed by atoms with van der Waals surface area (Å²) in [6, 6.07) is 1.83. The van der Waals surface area contributed by atoms with Gasteiger partial charge in [-0.3, -0.25) is 4.79 Å². The average Bonchev–Trinajstić information content (AvgIpc) is 2.50. The fourth-order valence-corrected chi connectivity index (χ4v) is 2.21. The maximum Gasteiger partial charge on any atom is 0.316 e. The number of hydrogen-bond acceptors (Lipinski definition) is 4. The number of hydrogen-bond donors (Lipinski definition) is 1. The standard InChI is InChI=1S/C10H15NO3S/c1-6(2)9(10(12)13)15-5-8-4-7(3)11-14-8/h4,6,9H,5H2,1-3H3,(H,12,13). The number of aliphatic carboxylic acids is 1. The molecule has 1 unspecified atom stereocenters. The van der Waals surface area contributed by atoms with Crippen molar-refractivity contribution in [1.29, 1.82) is 0 Å². The van der Waals surface area contributed by atoms with E-state index in [4.69, 9.17) is 9.63 Å². The van der Waals surface area contributed by atoms with Crippen LogP contribution in [0.15, 0.2) is 10.6 Å². The van der Waals surface area contributed by atoms with E-state index in [0.29, 0.717) is 5.75 Å². The molecule has 0 aliphatic rings. The van der Waals surface area contributed by atoms with Crippen molar-refractivity contribution in [1.82, 2.24) is 5.16 Å². The highest BCUT2D eigenvalue weighted by atomic mass is 32.2. The molecule has 1 rings (SSSR count). The van der Waals surface area contributed by atoms with Gasteiger partial charge in [0.15, 0.2) is 0 Å².